The summed E-state index contributed by atoms with van der Waals surface area (Å²) in [5.41, 5.74) is 3.69. The van der Waals surface area contributed by atoms with Crippen LogP contribution in [0.3, 0.4) is 0 Å². The summed E-state index contributed by atoms with van der Waals surface area (Å²) < 4.78 is 5.60. The van der Waals surface area contributed by atoms with Crippen molar-refractivity contribution in [2.24, 2.45) is 0 Å². The SMILES string of the molecule is COC1CCCC1N1C(=O)CNC1c1ccc(C)cc1C. The first kappa shape index (κ1) is 14.5. The topological polar surface area (TPSA) is 41.6 Å². The van der Waals surface area contributed by atoms with Crippen molar-refractivity contribution in [1.82, 2.24) is 10.2 Å². The molecule has 4 heteroatoms. The Kier molecular flexibility index (Phi) is 4.00. The number of hydrogen-bond acceptors (Lipinski definition) is 3. The number of benzene rings is 1. The van der Waals surface area contributed by atoms with E-state index in [9.17, 15) is 4.79 Å². The van der Waals surface area contributed by atoms with Gasteiger partial charge in [0, 0.05) is 7.11 Å². The van der Waals surface area contributed by atoms with Crippen molar-refractivity contribution in [2.45, 2.75) is 51.4 Å². The molecule has 1 saturated carbocycles. The third kappa shape index (κ3) is 2.58. The molecule has 3 rings (SSSR count). The summed E-state index contributed by atoms with van der Waals surface area (Å²) in [4.78, 5) is 14.4. The predicted molar refractivity (Wildman–Crippen MR) is 81.9 cm³/mol. The number of carbonyl (C=O) groups excluding carboxylic acids is 1. The summed E-state index contributed by atoms with van der Waals surface area (Å²) in [6, 6.07) is 6.64. The van der Waals surface area contributed by atoms with Crippen LogP contribution in [-0.4, -0.2) is 36.6 Å². The second-order valence-corrected chi connectivity index (χ2v) is 6.22. The number of hydrogen-bond donors (Lipinski definition) is 1. The summed E-state index contributed by atoms with van der Waals surface area (Å²) in [7, 11) is 1.75. The summed E-state index contributed by atoms with van der Waals surface area (Å²) in [6.45, 7) is 4.64. The Morgan fingerprint density at radius 3 is 2.81 bits per heavy atom. The highest BCUT2D eigenvalue weighted by Gasteiger charge is 2.42. The molecule has 1 aliphatic carbocycles. The maximum atomic E-state index is 12.4. The zero-order valence-electron chi connectivity index (χ0n) is 13.1. The third-order valence-corrected chi connectivity index (χ3v) is 4.81. The van der Waals surface area contributed by atoms with Crippen molar-refractivity contribution in [2.75, 3.05) is 13.7 Å². The highest BCUT2D eigenvalue weighted by atomic mass is 16.5. The third-order valence-electron chi connectivity index (χ3n) is 4.81. The minimum atomic E-state index is -0.0150. The van der Waals surface area contributed by atoms with Gasteiger partial charge in [-0.1, -0.05) is 23.8 Å². The number of aryl methyl sites for hydroxylation is 2. The molecule has 1 heterocycles. The maximum absolute atomic E-state index is 12.4. The minimum absolute atomic E-state index is 0.0150. The van der Waals surface area contributed by atoms with Crippen LogP contribution in [0.1, 0.15) is 42.1 Å². The molecule has 1 aromatic carbocycles. The molecule has 114 valence electrons. The van der Waals surface area contributed by atoms with E-state index in [0.717, 1.165) is 19.3 Å². The summed E-state index contributed by atoms with van der Waals surface area (Å²) in [5.74, 6) is 0.189. The van der Waals surface area contributed by atoms with Gasteiger partial charge in [-0.25, -0.2) is 0 Å². The van der Waals surface area contributed by atoms with Crippen LogP contribution in [0.2, 0.25) is 0 Å². The van der Waals surface area contributed by atoms with E-state index in [1.807, 2.05) is 4.90 Å². The van der Waals surface area contributed by atoms with Gasteiger partial charge in [-0.3, -0.25) is 10.1 Å². The van der Waals surface area contributed by atoms with Crippen LogP contribution in [-0.2, 0) is 9.53 Å². The lowest BCUT2D eigenvalue weighted by atomic mass is 10.0. The first-order valence-electron chi connectivity index (χ1n) is 7.76. The molecule has 1 aliphatic heterocycles. The summed E-state index contributed by atoms with van der Waals surface area (Å²) in [6.07, 6.45) is 3.37. The van der Waals surface area contributed by atoms with Crippen LogP contribution in [0.15, 0.2) is 18.2 Å². The van der Waals surface area contributed by atoms with Gasteiger partial charge in [0.25, 0.3) is 0 Å². The van der Waals surface area contributed by atoms with Crippen LogP contribution < -0.4 is 5.32 Å². The van der Waals surface area contributed by atoms with Gasteiger partial charge < -0.3 is 9.64 Å². The second-order valence-electron chi connectivity index (χ2n) is 6.22. The number of nitrogens with zero attached hydrogens (tertiary/aromatic N) is 1. The van der Waals surface area contributed by atoms with Gasteiger partial charge in [-0.15, -0.1) is 0 Å². The van der Waals surface area contributed by atoms with Crippen molar-refractivity contribution < 1.29 is 9.53 Å². The van der Waals surface area contributed by atoms with Gasteiger partial charge in [-0.05, 0) is 44.2 Å². The van der Waals surface area contributed by atoms with E-state index in [2.05, 4.69) is 37.4 Å². The standard InChI is InChI=1S/C17H24N2O2/c1-11-7-8-13(12(2)9-11)17-18-10-16(20)19(17)14-5-4-6-15(14)21-3/h7-9,14-15,17-18H,4-6,10H2,1-3H3. The highest BCUT2D eigenvalue weighted by Crippen LogP contribution is 2.35. The average Bonchev–Trinajstić information content (AvgIpc) is 3.04. The fourth-order valence-corrected chi connectivity index (χ4v) is 3.79. The van der Waals surface area contributed by atoms with Crippen LogP contribution >= 0.6 is 0 Å². The van der Waals surface area contributed by atoms with Gasteiger partial charge in [0.1, 0.15) is 6.17 Å². The average molecular weight is 288 g/mol. The molecule has 0 bridgehead atoms. The van der Waals surface area contributed by atoms with E-state index in [1.165, 1.54) is 16.7 Å². The van der Waals surface area contributed by atoms with Crippen molar-refractivity contribution in [3.8, 4) is 0 Å². The first-order valence-corrected chi connectivity index (χ1v) is 7.76. The molecule has 1 amide bonds. The molecule has 1 N–H and O–H groups in total. The van der Waals surface area contributed by atoms with Crippen LogP contribution in [0.5, 0.6) is 0 Å². The number of amides is 1. The normalized spacial score (nSPS) is 29.4. The Labute approximate surface area is 126 Å². The van der Waals surface area contributed by atoms with E-state index >= 15 is 0 Å². The van der Waals surface area contributed by atoms with E-state index in [-0.39, 0.29) is 24.2 Å². The monoisotopic (exact) mass is 288 g/mol. The number of ether oxygens (including phenoxy) is 1. The zero-order valence-corrected chi connectivity index (χ0v) is 13.1. The maximum Gasteiger partial charge on any atom is 0.238 e. The largest absolute Gasteiger partial charge is 0.379 e. The van der Waals surface area contributed by atoms with E-state index < -0.39 is 0 Å². The molecule has 3 unspecified atom stereocenters. The molecular weight excluding hydrogens is 264 g/mol. The van der Waals surface area contributed by atoms with Gasteiger partial charge >= 0.3 is 0 Å². The van der Waals surface area contributed by atoms with Gasteiger partial charge in [0.15, 0.2) is 0 Å². The van der Waals surface area contributed by atoms with Crippen molar-refractivity contribution >= 4 is 5.91 Å². The second kappa shape index (κ2) is 5.78. The lowest BCUT2D eigenvalue weighted by Crippen LogP contribution is -2.44. The molecule has 0 radical (unpaired) electrons. The molecule has 0 spiro atoms. The first-order chi connectivity index (χ1) is 10.1. The number of methoxy groups -OCH3 is 1. The van der Waals surface area contributed by atoms with E-state index in [0.29, 0.717) is 6.54 Å². The molecule has 1 saturated heterocycles. The number of carbonyl (C=O) groups is 1. The number of rotatable bonds is 3. The Hall–Kier alpha value is -1.39. The molecule has 2 fully saturated rings. The highest BCUT2D eigenvalue weighted by molar-refractivity contribution is 5.81. The molecule has 2 aliphatic rings. The van der Waals surface area contributed by atoms with Gasteiger partial charge in [0.05, 0.1) is 18.7 Å². The summed E-state index contributed by atoms with van der Waals surface area (Å²) in [5, 5.41) is 3.38. The van der Waals surface area contributed by atoms with E-state index in [1.54, 1.807) is 7.11 Å². The Morgan fingerprint density at radius 1 is 1.29 bits per heavy atom. The Balaban J connectivity index is 1.92. The minimum Gasteiger partial charge on any atom is -0.379 e. The van der Waals surface area contributed by atoms with Gasteiger partial charge in [0.2, 0.25) is 5.91 Å². The van der Waals surface area contributed by atoms with Crippen molar-refractivity contribution in [1.29, 1.82) is 0 Å². The smallest absolute Gasteiger partial charge is 0.238 e. The molecule has 1 aromatic rings. The van der Waals surface area contributed by atoms with Crippen LogP contribution in [0.25, 0.3) is 0 Å². The predicted octanol–water partition coefficient (Wildman–Crippen LogP) is 2.30. The molecule has 4 nitrogen and oxygen atoms in total. The fraction of sp³-hybridized carbons (Fsp3) is 0.588. The zero-order chi connectivity index (χ0) is 15.0. The fourth-order valence-electron chi connectivity index (χ4n) is 3.79. The Morgan fingerprint density at radius 2 is 2.10 bits per heavy atom. The lowest BCUT2D eigenvalue weighted by molar-refractivity contribution is -0.132. The van der Waals surface area contributed by atoms with Crippen LogP contribution in [0, 0.1) is 13.8 Å². The molecule has 21 heavy (non-hydrogen) atoms. The molecule has 0 aromatic heterocycles. The van der Waals surface area contributed by atoms with Gasteiger partial charge in [-0.2, -0.15) is 0 Å². The number of nitrogens with one attached hydrogen (secondary N) is 1. The Bertz CT molecular complexity index is 544. The lowest BCUT2D eigenvalue weighted by Gasteiger charge is -2.34. The molecule has 3 atom stereocenters. The van der Waals surface area contributed by atoms with Crippen molar-refractivity contribution in [3.63, 3.8) is 0 Å². The van der Waals surface area contributed by atoms with Crippen LogP contribution in [0.4, 0.5) is 0 Å². The summed E-state index contributed by atoms with van der Waals surface area (Å²) >= 11 is 0. The quantitative estimate of drug-likeness (QED) is 0.928. The molecular formula is C17H24N2O2. The van der Waals surface area contributed by atoms with E-state index in [4.69, 9.17) is 4.74 Å². The van der Waals surface area contributed by atoms with Crippen molar-refractivity contribution in [3.05, 3.63) is 34.9 Å².